The molecule has 0 aliphatic heterocycles. The van der Waals surface area contributed by atoms with E-state index in [9.17, 15) is 18.0 Å². The largest absolute Gasteiger partial charge is 0.355 e. The molecule has 39 heavy (non-hydrogen) atoms. The fraction of sp³-hybridized carbons (Fsp3) is 0.333. The van der Waals surface area contributed by atoms with Gasteiger partial charge in [0.15, 0.2) is 0 Å². The second-order valence-electron chi connectivity index (χ2n) is 9.55. The Morgan fingerprint density at radius 3 is 2.18 bits per heavy atom. The van der Waals surface area contributed by atoms with Crippen LogP contribution in [0.15, 0.2) is 71.6 Å². The third kappa shape index (κ3) is 7.19. The summed E-state index contributed by atoms with van der Waals surface area (Å²) in [4.78, 5) is 28.6. The predicted molar refractivity (Wildman–Crippen MR) is 156 cm³/mol. The van der Waals surface area contributed by atoms with Gasteiger partial charge in [0.1, 0.15) is 12.6 Å². The second kappa shape index (κ2) is 13.1. The molecule has 1 atom stereocenters. The predicted octanol–water partition coefficient (Wildman–Crippen LogP) is 5.40. The van der Waals surface area contributed by atoms with Gasteiger partial charge in [0.2, 0.25) is 11.8 Å². The van der Waals surface area contributed by atoms with E-state index in [2.05, 4.69) is 5.32 Å². The first-order chi connectivity index (χ1) is 18.5. The highest BCUT2D eigenvalue weighted by atomic mass is 35.5. The van der Waals surface area contributed by atoms with Gasteiger partial charge in [0.25, 0.3) is 10.0 Å². The average Bonchev–Trinajstić information content (AvgIpc) is 2.90. The van der Waals surface area contributed by atoms with E-state index in [0.29, 0.717) is 34.8 Å². The molecule has 3 aromatic carbocycles. The number of aryl methyl sites for hydroxylation is 3. The number of hydrogen-bond donors (Lipinski definition) is 1. The van der Waals surface area contributed by atoms with E-state index in [4.69, 9.17) is 11.6 Å². The first-order valence-electron chi connectivity index (χ1n) is 13.0. The molecule has 1 N–H and O–H groups in total. The Balaban J connectivity index is 2.12. The van der Waals surface area contributed by atoms with E-state index in [-0.39, 0.29) is 17.3 Å². The number of amides is 2. The molecule has 0 aliphatic rings. The smallest absolute Gasteiger partial charge is 0.264 e. The van der Waals surface area contributed by atoms with Gasteiger partial charge in [-0.2, -0.15) is 0 Å². The maximum atomic E-state index is 14.1. The number of halogens is 1. The van der Waals surface area contributed by atoms with E-state index < -0.39 is 28.5 Å². The van der Waals surface area contributed by atoms with Crippen molar-refractivity contribution in [2.24, 2.45) is 0 Å². The number of carbonyl (C=O) groups is 2. The third-order valence-electron chi connectivity index (χ3n) is 6.56. The van der Waals surface area contributed by atoms with Crippen LogP contribution in [0.3, 0.4) is 0 Å². The van der Waals surface area contributed by atoms with Crippen molar-refractivity contribution in [3.8, 4) is 0 Å². The van der Waals surface area contributed by atoms with Crippen molar-refractivity contribution >= 4 is 39.1 Å². The molecule has 3 rings (SSSR count). The van der Waals surface area contributed by atoms with Crippen molar-refractivity contribution in [2.75, 3.05) is 17.4 Å². The summed E-state index contributed by atoms with van der Waals surface area (Å²) in [5.74, 6) is -0.815. The van der Waals surface area contributed by atoms with E-state index in [1.807, 2.05) is 39.8 Å². The van der Waals surface area contributed by atoms with Gasteiger partial charge >= 0.3 is 0 Å². The highest BCUT2D eigenvalue weighted by Crippen LogP contribution is 2.29. The van der Waals surface area contributed by atoms with Crippen molar-refractivity contribution in [2.45, 2.75) is 58.5 Å². The standard InChI is InChI=1S/C30H36ClN3O4S/c1-6-27(30(36)32-7-2)33(19-24-10-8-9-11-26(24)31)29(35)20-34(28-18-22(4)12-15-23(28)5)39(37,38)25-16-13-21(3)14-17-25/h8-18,27H,6-7,19-20H2,1-5H3,(H,32,36). The van der Waals surface area contributed by atoms with Crippen molar-refractivity contribution in [3.05, 3.63) is 94.0 Å². The van der Waals surface area contributed by atoms with Crippen molar-refractivity contribution in [1.82, 2.24) is 10.2 Å². The topological polar surface area (TPSA) is 86.8 Å². The lowest BCUT2D eigenvalue weighted by molar-refractivity contribution is -0.140. The van der Waals surface area contributed by atoms with Crippen LogP contribution in [0.5, 0.6) is 0 Å². The minimum Gasteiger partial charge on any atom is -0.355 e. The molecule has 0 spiro atoms. The summed E-state index contributed by atoms with van der Waals surface area (Å²) in [6.07, 6.45) is 0.343. The van der Waals surface area contributed by atoms with Crippen molar-refractivity contribution < 1.29 is 18.0 Å². The minimum atomic E-state index is -4.12. The molecule has 0 radical (unpaired) electrons. The van der Waals surface area contributed by atoms with Crippen LogP contribution < -0.4 is 9.62 Å². The quantitative estimate of drug-likeness (QED) is 0.335. The molecule has 0 saturated carbocycles. The number of benzene rings is 3. The lowest BCUT2D eigenvalue weighted by atomic mass is 10.1. The Labute approximate surface area is 236 Å². The van der Waals surface area contributed by atoms with Gasteiger partial charge in [-0.3, -0.25) is 13.9 Å². The lowest BCUT2D eigenvalue weighted by Crippen LogP contribution is -2.52. The molecule has 0 saturated heterocycles. The van der Waals surface area contributed by atoms with Gasteiger partial charge < -0.3 is 10.2 Å². The molecule has 3 aromatic rings. The van der Waals surface area contributed by atoms with Crippen LogP contribution in [-0.4, -0.2) is 44.3 Å². The number of nitrogens with one attached hydrogen (secondary N) is 1. The summed E-state index contributed by atoms with van der Waals surface area (Å²) < 4.78 is 29.2. The maximum Gasteiger partial charge on any atom is 0.264 e. The Morgan fingerprint density at radius 1 is 0.923 bits per heavy atom. The zero-order chi connectivity index (χ0) is 28.7. The highest BCUT2D eigenvalue weighted by Gasteiger charge is 2.34. The molecule has 0 fully saturated rings. The van der Waals surface area contributed by atoms with Gasteiger partial charge in [0, 0.05) is 18.1 Å². The number of hydrogen-bond acceptors (Lipinski definition) is 4. The van der Waals surface area contributed by atoms with Gasteiger partial charge in [-0.1, -0.05) is 66.6 Å². The average molecular weight is 570 g/mol. The van der Waals surface area contributed by atoms with Crippen LogP contribution in [0.4, 0.5) is 5.69 Å². The lowest BCUT2D eigenvalue weighted by Gasteiger charge is -2.33. The second-order valence-corrected chi connectivity index (χ2v) is 11.8. The molecule has 1 unspecified atom stereocenters. The number of likely N-dealkylation sites (N-methyl/N-ethyl adjacent to an activating group) is 1. The Bertz CT molecular complexity index is 1420. The summed E-state index contributed by atoms with van der Waals surface area (Å²) in [6, 6.07) is 18.3. The molecule has 0 heterocycles. The summed E-state index contributed by atoms with van der Waals surface area (Å²) in [6.45, 7) is 9.15. The monoisotopic (exact) mass is 569 g/mol. The summed E-state index contributed by atoms with van der Waals surface area (Å²) in [5, 5.41) is 3.26. The maximum absolute atomic E-state index is 14.1. The van der Waals surface area contributed by atoms with E-state index in [1.165, 1.54) is 4.90 Å². The van der Waals surface area contributed by atoms with Crippen LogP contribution in [0.25, 0.3) is 0 Å². The Kier molecular flexibility index (Phi) is 10.2. The summed E-state index contributed by atoms with van der Waals surface area (Å²) in [5.41, 5.74) is 3.55. The zero-order valence-electron chi connectivity index (χ0n) is 23.1. The number of sulfonamides is 1. The molecule has 0 aromatic heterocycles. The number of anilines is 1. The molecular weight excluding hydrogens is 534 g/mol. The van der Waals surface area contributed by atoms with Crippen LogP contribution in [-0.2, 0) is 26.2 Å². The number of carbonyl (C=O) groups excluding carboxylic acids is 2. The van der Waals surface area contributed by atoms with Crippen LogP contribution in [0.2, 0.25) is 5.02 Å². The van der Waals surface area contributed by atoms with E-state index in [1.54, 1.807) is 61.5 Å². The normalized spacial score (nSPS) is 12.1. The van der Waals surface area contributed by atoms with Gasteiger partial charge in [-0.15, -0.1) is 0 Å². The number of nitrogens with zero attached hydrogens (tertiary/aromatic N) is 2. The first kappa shape index (κ1) is 30.2. The summed E-state index contributed by atoms with van der Waals surface area (Å²) in [7, 11) is -4.12. The zero-order valence-corrected chi connectivity index (χ0v) is 24.6. The molecule has 7 nitrogen and oxygen atoms in total. The molecule has 2 amide bonds. The summed E-state index contributed by atoms with van der Waals surface area (Å²) >= 11 is 6.42. The molecule has 9 heteroatoms. The van der Waals surface area contributed by atoms with E-state index >= 15 is 0 Å². The minimum absolute atomic E-state index is 0.0549. The fourth-order valence-electron chi connectivity index (χ4n) is 4.36. The fourth-order valence-corrected chi connectivity index (χ4v) is 6.03. The first-order valence-corrected chi connectivity index (χ1v) is 14.8. The van der Waals surface area contributed by atoms with Crippen LogP contribution in [0.1, 0.15) is 42.5 Å². The molecule has 208 valence electrons. The van der Waals surface area contributed by atoms with Crippen LogP contribution >= 0.6 is 11.6 Å². The van der Waals surface area contributed by atoms with Gasteiger partial charge in [0.05, 0.1) is 10.6 Å². The third-order valence-corrected chi connectivity index (χ3v) is 8.70. The SMILES string of the molecule is CCNC(=O)C(CC)N(Cc1ccccc1Cl)C(=O)CN(c1cc(C)ccc1C)S(=O)(=O)c1ccc(C)cc1. The molecule has 0 aliphatic carbocycles. The van der Waals surface area contributed by atoms with Crippen molar-refractivity contribution in [3.63, 3.8) is 0 Å². The molecular formula is C30H36ClN3O4S. The Hall–Kier alpha value is -3.36. The van der Waals surface area contributed by atoms with Gasteiger partial charge in [-0.25, -0.2) is 8.42 Å². The van der Waals surface area contributed by atoms with Crippen LogP contribution in [0, 0.1) is 20.8 Å². The van der Waals surface area contributed by atoms with Crippen molar-refractivity contribution in [1.29, 1.82) is 0 Å². The van der Waals surface area contributed by atoms with E-state index in [0.717, 1.165) is 15.4 Å². The Morgan fingerprint density at radius 2 is 1.56 bits per heavy atom. The highest BCUT2D eigenvalue weighted by molar-refractivity contribution is 7.92. The van der Waals surface area contributed by atoms with Gasteiger partial charge in [-0.05, 0) is 75.1 Å². The molecule has 0 bridgehead atoms. The number of rotatable bonds is 11.